The summed E-state index contributed by atoms with van der Waals surface area (Å²) in [6, 6.07) is 13.0. The number of hydrogen-bond acceptors (Lipinski definition) is 5. The zero-order valence-corrected chi connectivity index (χ0v) is 18.1. The van der Waals surface area contributed by atoms with Crippen molar-refractivity contribution in [1.29, 1.82) is 0 Å². The maximum atomic E-state index is 12.7. The number of ether oxygens (including phenoxy) is 1. The molecule has 0 saturated heterocycles. The molecule has 0 atom stereocenters. The van der Waals surface area contributed by atoms with Crippen LogP contribution < -0.4 is 0 Å². The van der Waals surface area contributed by atoms with Gasteiger partial charge in [0.2, 0.25) is 5.78 Å². The predicted molar refractivity (Wildman–Crippen MR) is 114 cm³/mol. The van der Waals surface area contributed by atoms with E-state index in [1.54, 1.807) is 18.3 Å². The maximum absolute atomic E-state index is 12.7. The number of halogens is 1. The lowest BCUT2D eigenvalue weighted by Crippen LogP contribution is -2.15. The molecule has 2 heterocycles. The number of hydrogen-bond donors (Lipinski definition) is 0. The molecule has 1 aromatic carbocycles. The van der Waals surface area contributed by atoms with Crippen molar-refractivity contribution in [3.05, 3.63) is 75.6 Å². The van der Waals surface area contributed by atoms with Crippen LogP contribution in [0.5, 0.6) is 0 Å². The highest BCUT2D eigenvalue weighted by molar-refractivity contribution is 9.10. The smallest absolute Gasteiger partial charge is 0.341 e. The average molecular weight is 459 g/mol. The number of ketones is 1. The summed E-state index contributed by atoms with van der Waals surface area (Å²) in [6.07, 6.45) is 3.45. The molecule has 3 aromatic rings. The van der Waals surface area contributed by atoms with E-state index in [-0.39, 0.29) is 12.4 Å². The van der Waals surface area contributed by atoms with E-state index < -0.39 is 5.97 Å². The summed E-state index contributed by atoms with van der Waals surface area (Å²) in [5, 5.41) is 0.577. The van der Waals surface area contributed by atoms with Crippen LogP contribution in [0.3, 0.4) is 0 Å². The summed E-state index contributed by atoms with van der Waals surface area (Å²) >= 11 is 4.79. The van der Waals surface area contributed by atoms with Gasteiger partial charge in [0.05, 0.1) is 5.56 Å². The monoisotopic (exact) mass is 458 g/mol. The summed E-state index contributed by atoms with van der Waals surface area (Å²) in [5.74, 6) is -0.785. The summed E-state index contributed by atoms with van der Waals surface area (Å²) in [7, 11) is 0. The fourth-order valence-corrected chi connectivity index (χ4v) is 3.83. The van der Waals surface area contributed by atoms with Crippen molar-refractivity contribution >= 4 is 39.4 Å². The minimum atomic E-state index is -0.549. The largest absolute Gasteiger partial charge is 0.454 e. The van der Waals surface area contributed by atoms with Crippen LogP contribution in [0.4, 0.5) is 0 Å². The quantitative estimate of drug-likeness (QED) is 0.295. The van der Waals surface area contributed by atoms with Gasteiger partial charge in [0.1, 0.15) is 5.03 Å². The molecule has 0 unspecified atom stereocenters. The summed E-state index contributed by atoms with van der Waals surface area (Å²) in [4.78, 5) is 29.2. The standard InChI is InChI=1S/C21H19BrN2O3S/c1-13-11-18(14(2)24(13)16-8-6-15(22)7-9-16)19(25)12-27-21(26)17-5-4-10-23-20(17)28-3/h4-11H,12H2,1-3H3. The highest BCUT2D eigenvalue weighted by Crippen LogP contribution is 2.23. The number of carbonyl (C=O) groups excluding carboxylic acids is 2. The van der Waals surface area contributed by atoms with Crippen LogP contribution in [-0.2, 0) is 4.74 Å². The molecule has 0 saturated carbocycles. The van der Waals surface area contributed by atoms with E-state index in [1.165, 1.54) is 11.8 Å². The second kappa shape index (κ2) is 8.75. The molecule has 144 valence electrons. The Kier molecular flexibility index (Phi) is 6.36. The number of aryl methyl sites for hydroxylation is 1. The van der Waals surface area contributed by atoms with Crippen molar-refractivity contribution in [3.8, 4) is 5.69 Å². The molecule has 0 aliphatic heterocycles. The van der Waals surface area contributed by atoms with E-state index in [0.717, 1.165) is 21.5 Å². The van der Waals surface area contributed by atoms with Crippen LogP contribution in [0, 0.1) is 13.8 Å². The molecule has 5 nitrogen and oxygen atoms in total. The highest BCUT2D eigenvalue weighted by Gasteiger charge is 2.20. The fraction of sp³-hybridized carbons (Fsp3) is 0.190. The van der Waals surface area contributed by atoms with Crippen LogP contribution in [-0.4, -0.2) is 34.2 Å². The van der Waals surface area contributed by atoms with Crippen LogP contribution in [0.25, 0.3) is 5.69 Å². The second-order valence-electron chi connectivity index (χ2n) is 6.16. The van der Waals surface area contributed by atoms with Gasteiger partial charge >= 0.3 is 5.97 Å². The first-order chi connectivity index (χ1) is 13.4. The lowest BCUT2D eigenvalue weighted by molar-refractivity contribution is 0.0470. The first-order valence-corrected chi connectivity index (χ1v) is 10.6. The number of carbonyl (C=O) groups is 2. The number of esters is 1. The molecule has 0 bridgehead atoms. The first-order valence-electron chi connectivity index (χ1n) is 8.56. The summed E-state index contributed by atoms with van der Waals surface area (Å²) in [6.45, 7) is 3.52. The number of benzene rings is 1. The Labute approximate surface area is 176 Å². The van der Waals surface area contributed by atoms with Crippen molar-refractivity contribution < 1.29 is 14.3 Å². The van der Waals surface area contributed by atoms with Crippen LogP contribution in [0.1, 0.15) is 32.1 Å². The normalized spacial score (nSPS) is 10.7. The molecule has 0 spiro atoms. The third-order valence-corrected chi connectivity index (χ3v) is 5.58. The SMILES string of the molecule is CSc1ncccc1C(=O)OCC(=O)c1cc(C)n(-c2ccc(Br)cc2)c1C. The number of rotatable bonds is 6. The fourth-order valence-electron chi connectivity index (χ4n) is 3.03. The van der Waals surface area contributed by atoms with Crippen molar-refractivity contribution in [2.24, 2.45) is 0 Å². The lowest BCUT2D eigenvalue weighted by atomic mass is 10.1. The van der Waals surface area contributed by atoms with Crippen LogP contribution in [0.2, 0.25) is 0 Å². The van der Waals surface area contributed by atoms with E-state index in [9.17, 15) is 9.59 Å². The molecule has 0 fully saturated rings. The Hall–Kier alpha value is -2.38. The number of Topliss-reactive ketones (excluding diaryl/α,β-unsaturated/α-hetero) is 1. The van der Waals surface area contributed by atoms with Crippen molar-refractivity contribution in [2.45, 2.75) is 18.9 Å². The van der Waals surface area contributed by atoms with E-state index in [4.69, 9.17) is 4.74 Å². The van der Waals surface area contributed by atoms with Gasteiger partial charge in [-0.15, -0.1) is 11.8 Å². The van der Waals surface area contributed by atoms with Gasteiger partial charge in [0.15, 0.2) is 6.61 Å². The molecule has 28 heavy (non-hydrogen) atoms. The van der Waals surface area contributed by atoms with Gasteiger partial charge in [-0.05, 0) is 62.6 Å². The van der Waals surface area contributed by atoms with Gasteiger partial charge in [-0.25, -0.2) is 9.78 Å². The van der Waals surface area contributed by atoms with E-state index >= 15 is 0 Å². The summed E-state index contributed by atoms with van der Waals surface area (Å²) < 4.78 is 8.25. The maximum Gasteiger partial charge on any atom is 0.341 e. The van der Waals surface area contributed by atoms with Crippen molar-refractivity contribution in [3.63, 3.8) is 0 Å². The molecule has 7 heteroatoms. The molecule has 0 aliphatic rings. The molecule has 0 radical (unpaired) electrons. The Morgan fingerprint density at radius 3 is 2.54 bits per heavy atom. The topological polar surface area (TPSA) is 61.2 Å². The Balaban J connectivity index is 1.77. The van der Waals surface area contributed by atoms with Gasteiger partial charge in [-0.3, -0.25) is 4.79 Å². The second-order valence-corrected chi connectivity index (χ2v) is 7.87. The molecular formula is C21H19BrN2O3S. The van der Waals surface area contributed by atoms with Gasteiger partial charge < -0.3 is 9.30 Å². The Morgan fingerprint density at radius 2 is 1.86 bits per heavy atom. The average Bonchev–Trinajstić information content (AvgIpc) is 3.00. The third-order valence-electron chi connectivity index (χ3n) is 4.34. The predicted octanol–water partition coefficient (Wildman–Crippen LogP) is 5.01. The Bertz CT molecular complexity index is 1030. The molecule has 0 aliphatic carbocycles. The zero-order chi connectivity index (χ0) is 20.3. The molecule has 3 rings (SSSR count). The van der Waals surface area contributed by atoms with E-state index in [2.05, 4.69) is 20.9 Å². The van der Waals surface area contributed by atoms with Crippen molar-refractivity contribution in [2.75, 3.05) is 12.9 Å². The highest BCUT2D eigenvalue weighted by atomic mass is 79.9. The van der Waals surface area contributed by atoms with Gasteiger partial charge in [0, 0.05) is 33.3 Å². The van der Waals surface area contributed by atoms with Crippen molar-refractivity contribution in [1.82, 2.24) is 9.55 Å². The van der Waals surface area contributed by atoms with Crippen LogP contribution in [0.15, 0.2) is 58.2 Å². The first kappa shape index (κ1) is 20.4. The minimum Gasteiger partial charge on any atom is -0.454 e. The number of nitrogens with zero attached hydrogens (tertiary/aromatic N) is 2. The third kappa shape index (κ3) is 4.20. The van der Waals surface area contributed by atoms with Gasteiger partial charge in [-0.2, -0.15) is 0 Å². The number of pyridine rings is 1. The Morgan fingerprint density at radius 1 is 1.14 bits per heavy atom. The zero-order valence-electron chi connectivity index (χ0n) is 15.7. The van der Waals surface area contributed by atoms with E-state index in [0.29, 0.717) is 16.2 Å². The molecule has 0 N–H and O–H groups in total. The van der Waals surface area contributed by atoms with Crippen LogP contribution >= 0.6 is 27.7 Å². The molecular weight excluding hydrogens is 440 g/mol. The number of thioether (sulfide) groups is 1. The summed E-state index contributed by atoms with van der Waals surface area (Å²) in [5.41, 5.74) is 3.63. The lowest BCUT2D eigenvalue weighted by Gasteiger charge is -2.10. The molecule has 0 amide bonds. The number of aromatic nitrogens is 2. The van der Waals surface area contributed by atoms with Gasteiger partial charge in [0.25, 0.3) is 0 Å². The molecule has 2 aromatic heterocycles. The van der Waals surface area contributed by atoms with Gasteiger partial charge in [-0.1, -0.05) is 15.9 Å². The minimum absolute atomic E-state index is 0.237. The van der Waals surface area contributed by atoms with E-state index in [1.807, 2.05) is 55.0 Å².